The molecule has 0 unspecified atom stereocenters. The van der Waals surface area contributed by atoms with Gasteiger partial charge in [-0.25, -0.2) is 0 Å². The van der Waals surface area contributed by atoms with E-state index >= 15 is 0 Å². The Morgan fingerprint density at radius 2 is 2.11 bits per heavy atom. The maximum atomic E-state index is 9.49. The normalized spacial score (nSPS) is 10.3. The Hall–Kier alpha value is -2.32. The van der Waals surface area contributed by atoms with Gasteiger partial charge in [0.1, 0.15) is 11.9 Å². The zero-order chi connectivity index (χ0) is 14.0. The quantitative estimate of drug-likeness (QED) is 0.910. The van der Waals surface area contributed by atoms with Gasteiger partial charge in [-0.2, -0.15) is 10.4 Å². The molecule has 1 aromatic carbocycles. The predicted octanol–water partition coefficient (Wildman–Crippen LogP) is 1.86. The molecule has 0 atom stereocenters. The van der Waals surface area contributed by atoms with Gasteiger partial charge in [-0.1, -0.05) is 12.1 Å². The second-order valence-electron chi connectivity index (χ2n) is 4.36. The highest BCUT2D eigenvalue weighted by atomic mass is 16.3. The Bertz CT molecular complexity index is 639. The summed E-state index contributed by atoms with van der Waals surface area (Å²) >= 11 is 0. The van der Waals surface area contributed by atoms with E-state index < -0.39 is 0 Å². The molecule has 2 aromatic rings. The highest BCUT2D eigenvalue weighted by Crippen LogP contribution is 2.30. The van der Waals surface area contributed by atoms with Gasteiger partial charge >= 0.3 is 0 Å². The molecule has 98 valence electrons. The largest absolute Gasteiger partial charge is 0.391 e. The third kappa shape index (κ3) is 2.18. The maximum absolute atomic E-state index is 9.49. The lowest BCUT2D eigenvalue weighted by Gasteiger charge is -2.21. The molecule has 0 aliphatic rings. The van der Waals surface area contributed by atoms with Crippen molar-refractivity contribution in [2.75, 3.05) is 11.9 Å². The van der Waals surface area contributed by atoms with Crippen LogP contribution in [-0.4, -0.2) is 21.9 Å². The standard InChI is InChI=1S/C14H16N4O/c1-10-12(9-19)14(18(3)16-10)17(2)13-7-5-4-6-11(13)8-15/h4-7,19H,9H2,1-3H3. The van der Waals surface area contributed by atoms with E-state index in [1.165, 1.54) is 0 Å². The zero-order valence-electron chi connectivity index (χ0n) is 11.3. The third-order valence-electron chi connectivity index (χ3n) is 3.17. The average Bonchev–Trinajstić information content (AvgIpc) is 2.71. The van der Waals surface area contributed by atoms with Crippen molar-refractivity contribution in [3.8, 4) is 6.07 Å². The van der Waals surface area contributed by atoms with Crippen LogP contribution in [0.2, 0.25) is 0 Å². The Balaban J connectivity index is 2.57. The molecule has 0 aliphatic heterocycles. The van der Waals surface area contributed by atoms with Gasteiger partial charge in [0.25, 0.3) is 0 Å². The summed E-state index contributed by atoms with van der Waals surface area (Å²) in [5.74, 6) is 0.794. The average molecular weight is 256 g/mol. The first-order valence-corrected chi connectivity index (χ1v) is 5.96. The summed E-state index contributed by atoms with van der Waals surface area (Å²) in [7, 11) is 3.69. The number of aliphatic hydroxyl groups excluding tert-OH is 1. The van der Waals surface area contributed by atoms with Crippen molar-refractivity contribution >= 4 is 11.5 Å². The molecule has 0 spiro atoms. The molecule has 2 rings (SSSR count). The molecule has 5 nitrogen and oxygen atoms in total. The minimum absolute atomic E-state index is 0.0753. The summed E-state index contributed by atoms with van der Waals surface area (Å²) in [6.07, 6.45) is 0. The van der Waals surface area contributed by atoms with Gasteiger partial charge in [0.15, 0.2) is 0 Å². The van der Waals surface area contributed by atoms with Crippen LogP contribution in [-0.2, 0) is 13.7 Å². The van der Waals surface area contributed by atoms with Crippen LogP contribution in [0.1, 0.15) is 16.8 Å². The van der Waals surface area contributed by atoms with Crippen LogP contribution in [0.25, 0.3) is 0 Å². The van der Waals surface area contributed by atoms with Crippen LogP contribution in [0.5, 0.6) is 0 Å². The van der Waals surface area contributed by atoms with Crippen molar-refractivity contribution in [2.24, 2.45) is 7.05 Å². The Kier molecular flexibility index (Phi) is 3.54. The lowest BCUT2D eigenvalue weighted by Crippen LogP contribution is -2.16. The van der Waals surface area contributed by atoms with Gasteiger partial charge in [-0.05, 0) is 19.1 Å². The number of nitriles is 1. The number of benzene rings is 1. The van der Waals surface area contributed by atoms with Crippen LogP contribution in [0.3, 0.4) is 0 Å². The monoisotopic (exact) mass is 256 g/mol. The number of para-hydroxylation sites is 1. The van der Waals surface area contributed by atoms with Gasteiger partial charge in [0, 0.05) is 19.7 Å². The summed E-state index contributed by atoms with van der Waals surface area (Å²) in [6, 6.07) is 9.54. The summed E-state index contributed by atoms with van der Waals surface area (Å²) in [4.78, 5) is 1.88. The number of aryl methyl sites for hydroxylation is 2. The molecular formula is C14H16N4O. The minimum atomic E-state index is -0.0753. The highest BCUT2D eigenvalue weighted by Gasteiger charge is 2.18. The second kappa shape index (κ2) is 5.12. The van der Waals surface area contributed by atoms with E-state index in [9.17, 15) is 5.11 Å². The number of rotatable bonds is 3. The number of anilines is 2. The number of nitrogens with zero attached hydrogens (tertiary/aromatic N) is 4. The van der Waals surface area contributed by atoms with Crippen molar-refractivity contribution in [3.63, 3.8) is 0 Å². The van der Waals surface area contributed by atoms with E-state index in [-0.39, 0.29) is 6.61 Å². The number of hydrogen-bond donors (Lipinski definition) is 1. The van der Waals surface area contributed by atoms with E-state index in [4.69, 9.17) is 5.26 Å². The van der Waals surface area contributed by atoms with Crippen LogP contribution < -0.4 is 4.90 Å². The van der Waals surface area contributed by atoms with Crippen molar-refractivity contribution < 1.29 is 5.11 Å². The first kappa shape index (κ1) is 13.1. The van der Waals surface area contributed by atoms with Crippen molar-refractivity contribution in [3.05, 3.63) is 41.1 Å². The molecule has 0 saturated heterocycles. The smallest absolute Gasteiger partial charge is 0.136 e. The van der Waals surface area contributed by atoms with Gasteiger partial charge in [-0.3, -0.25) is 4.68 Å². The fourth-order valence-electron chi connectivity index (χ4n) is 2.27. The van der Waals surface area contributed by atoms with Crippen molar-refractivity contribution in [1.29, 1.82) is 5.26 Å². The summed E-state index contributed by atoms with van der Waals surface area (Å²) < 4.78 is 1.72. The fraction of sp³-hybridized carbons (Fsp3) is 0.286. The zero-order valence-corrected chi connectivity index (χ0v) is 11.3. The lowest BCUT2D eigenvalue weighted by atomic mass is 10.1. The molecule has 0 aliphatic carbocycles. The first-order valence-electron chi connectivity index (χ1n) is 5.96. The SMILES string of the molecule is Cc1nn(C)c(N(C)c2ccccc2C#N)c1CO. The van der Waals surface area contributed by atoms with E-state index in [0.29, 0.717) is 5.56 Å². The number of aliphatic hydroxyl groups is 1. The van der Waals surface area contributed by atoms with E-state index in [1.54, 1.807) is 10.7 Å². The molecule has 5 heteroatoms. The Labute approximate surface area is 112 Å². The molecule has 19 heavy (non-hydrogen) atoms. The lowest BCUT2D eigenvalue weighted by molar-refractivity contribution is 0.281. The summed E-state index contributed by atoms with van der Waals surface area (Å²) in [5, 5.41) is 23.0. The number of aromatic nitrogens is 2. The maximum Gasteiger partial charge on any atom is 0.136 e. The highest BCUT2D eigenvalue weighted by molar-refractivity contribution is 5.69. The van der Waals surface area contributed by atoms with Gasteiger partial charge in [-0.15, -0.1) is 0 Å². The van der Waals surface area contributed by atoms with E-state index in [2.05, 4.69) is 11.2 Å². The predicted molar refractivity (Wildman–Crippen MR) is 73.1 cm³/mol. The molecule has 0 bridgehead atoms. The number of hydrogen-bond acceptors (Lipinski definition) is 4. The first-order chi connectivity index (χ1) is 9.10. The van der Waals surface area contributed by atoms with Gasteiger partial charge in [0.05, 0.1) is 23.6 Å². The van der Waals surface area contributed by atoms with Crippen molar-refractivity contribution in [1.82, 2.24) is 9.78 Å². The summed E-state index contributed by atoms with van der Waals surface area (Å²) in [5.41, 5.74) is 2.95. The molecule has 0 saturated carbocycles. The van der Waals surface area contributed by atoms with Gasteiger partial charge in [0.2, 0.25) is 0 Å². The molecule has 0 fully saturated rings. The molecular weight excluding hydrogens is 240 g/mol. The molecule has 1 N–H and O–H groups in total. The van der Waals surface area contributed by atoms with Crippen molar-refractivity contribution in [2.45, 2.75) is 13.5 Å². The van der Waals surface area contributed by atoms with Gasteiger partial charge < -0.3 is 10.0 Å². The van der Waals surface area contributed by atoms with E-state index in [1.807, 2.05) is 44.1 Å². The Morgan fingerprint density at radius 1 is 1.42 bits per heavy atom. The third-order valence-corrected chi connectivity index (χ3v) is 3.17. The summed E-state index contributed by atoms with van der Waals surface area (Å²) in [6.45, 7) is 1.78. The fourth-order valence-corrected chi connectivity index (χ4v) is 2.27. The van der Waals surface area contributed by atoms with Crippen LogP contribution in [0.15, 0.2) is 24.3 Å². The molecule has 1 aromatic heterocycles. The molecule has 0 amide bonds. The minimum Gasteiger partial charge on any atom is -0.391 e. The topological polar surface area (TPSA) is 65.1 Å². The Morgan fingerprint density at radius 3 is 2.74 bits per heavy atom. The van der Waals surface area contributed by atoms with Crippen LogP contribution >= 0.6 is 0 Å². The molecule has 0 radical (unpaired) electrons. The molecule has 1 heterocycles. The van der Waals surface area contributed by atoms with E-state index in [0.717, 1.165) is 22.8 Å². The van der Waals surface area contributed by atoms with Crippen LogP contribution in [0.4, 0.5) is 11.5 Å². The second-order valence-corrected chi connectivity index (χ2v) is 4.36. The van der Waals surface area contributed by atoms with Crippen LogP contribution in [0, 0.1) is 18.3 Å².